The number of methoxy groups -OCH3 is 1. The summed E-state index contributed by atoms with van der Waals surface area (Å²) in [5.41, 5.74) is 3.32. The minimum atomic E-state index is 0.193. The fourth-order valence-corrected chi connectivity index (χ4v) is 2.56. The molecule has 2 unspecified atom stereocenters. The molecule has 2 aromatic rings. The first kappa shape index (κ1) is 14.6. The molecule has 0 spiro atoms. The number of nitrogens with zero attached hydrogens (tertiary/aromatic N) is 1. The van der Waals surface area contributed by atoms with Gasteiger partial charge in [0.05, 0.1) is 12.8 Å². The Morgan fingerprint density at radius 1 is 1.10 bits per heavy atom. The summed E-state index contributed by atoms with van der Waals surface area (Å²) >= 11 is 0. The van der Waals surface area contributed by atoms with Crippen molar-refractivity contribution < 1.29 is 9.26 Å². The number of hydrogen-bond donors (Lipinski definition) is 1. The molecule has 0 amide bonds. The van der Waals surface area contributed by atoms with Crippen molar-refractivity contribution in [2.24, 2.45) is 0 Å². The average molecular weight is 274 g/mol. The van der Waals surface area contributed by atoms with E-state index in [2.05, 4.69) is 36.5 Å². The highest BCUT2D eigenvalue weighted by atomic mass is 16.5. The molecule has 0 aliphatic rings. The molecule has 0 bridgehead atoms. The molecule has 1 heterocycles. The van der Waals surface area contributed by atoms with Gasteiger partial charge in [0.15, 0.2) is 0 Å². The molecule has 1 N–H and O–H groups in total. The summed E-state index contributed by atoms with van der Waals surface area (Å²) in [6, 6.07) is 8.55. The van der Waals surface area contributed by atoms with Crippen molar-refractivity contribution in [2.75, 3.05) is 7.11 Å². The van der Waals surface area contributed by atoms with Gasteiger partial charge >= 0.3 is 0 Å². The van der Waals surface area contributed by atoms with Gasteiger partial charge in [-0.1, -0.05) is 17.3 Å². The lowest BCUT2D eigenvalue weighted by molar-refractivity contribution is 0.389. The van der Waals surface area contributed by atoms with Gasteiger partial charge in [-0.15, -0.1) is 0 Å². The molecule has 0 saturated heterocycles. The van der Waals surface area contributed by atoms with Crippen LogP contribution in [0, 0.1) is 13.8 Å². The fourth-order valence-electron chi connectivity index (χ4n) is 2.56. The van der Waals surface area contributed by atoms with Gasteiger partial charge in [0.1, 0.15) is 11.5 Å². The first-order valence-electron chi connectivity index (χ1n) is 6.85. The summed E-state index contributed by atoms with van der Waals surface area (Å²) in [5, 5.41) is 7.59. The molecule has 108 valence electrons. The van der Waals surface area contributed by atoms with E-state index in [1.807, 2.05) is 26.0 Å². The molecule has 2 atom stereocenters. The Balaban J connectivity index is 2.08. The molecule has 0 aliphatic carbocycles. The van der Waals surface area contributed by atoms with E-state index in [1.54, 1.807) is 7.11 Å². The maximum atomic E-state index is 5.23. The highest BCUT2D eigenvalue weighted by Crippen LogP contribution is 2.25. The van der Waals surface area contributed by atoms with Crippen LogP contribution in [0.4, 0.5) is 0 Å². The Labute approximate surface area is 120 Å². The van der Waals surface area contributed by atoms with E-state index in [-0.39, 0.29) is 12.1 Å². The number of aryl methyl sites for hydroxylation is 2. The number of rotatable bonds is 5. The molecule has 0 fully saturated rings. The highest BCUT2D eigenvalue weighted by Gasteiger charge is 2.18. The van der Waals surface area contributed by atoms with Gasteiger partial charge in [0.2, 0.25) is 0 Å². The van der Waals surface area contributed by atoms with Crippen LogP contribution in [0.5, 0.6) is 5.75 Å². The highest BCUT2D eigenvalue weighted by molar-refractivity contribution is 5.30. The predicted octanol–water partition coefficient (Wildman–Crippen LogP) is 3.71. The van der Waals surface area contributed by atoms with E-state index in [0.717, 1.165) is 22.8 Å². The quantitative estimate of drug-likeness (QED) is 0.903. The van der Waals surface area contributed by atoms with Crippen molar-refractivity contribution in [3.05, 3.63) is 46.8 Å². The molecule has 4 nitrogen and oxygen atoms in total. The van der Waals surface area contributed by atoms with Crippen molar-refractivity contribution in [1.29, 1.82) is 0 Å². The minimum absolute atomic E-state index is 0.193. The van der Waals surface area contributed by atoms with Crippen LogP contribution in [-0.2, 0) is 0 Å². The normalized spacial score (nSPS) is 14.1. The first-order valence-corrected chi connectivity index (χ1v) is 6.85. The molecule has 20 heavy (non-hydrogen) atoms. The second kappa shape index (κ2) is 6.09. The zero-order valence-electron chi connectivity index (χ0n) is 12.7. The molecular weight excluding hydrogens is 252 g/mol. The van der Waals surface area contributed by atoms with Crippen LogP contribution < -0.4 is 10.1 Å². The molecule has 1 aromatic heterocycles. The molecule has 1 aromatic carbocycles. The fraction of sp³-hybridized carbons (Fsp3) is 0.438. The van der Waals surface area contributed by atoms with Crippen molar-refractivity contribution >= 4 is 0 Å². The third-order valence-electron chi connectivity index (χ3n) is 3.64. The molecule has 0 saturated carbocycles. The van der Waals surface area contributed by atoms with Gasteiger partial charge in [-0.05, 0) is 45.4 Å². The Kier molecular flexibility index (Phi) is 4.45. The van der Waals surface area contributed by atoms with Crippen LogP contribution in [-0.4, -0.2) is 12.3 Å². The second-order valence-electron chi connectivity index (χ2n) is 5.12. The standard InChI is InChI=1S/C16H22N2O2/c1-10(14-6-8-15(19-5)9-7-14)17-11(2)16-12(3)18-20-13(16)4/h6-11,17H,1-5H3. The van der Waals surface area contributed by atoms with Crippen LogP contribution in [0.25, 0.3) is 0 Å². The number of ether oxygens (including phenoxy) is 1. The molecule has 2 rings (SSSR count). The Morgan fingerprint density at radius 2 is 1.75 bits per heavy atom. The summed E-state index contributed by atoms with van der Waals surface area (Å²) in [6.07, 6.45) is 0. The number of hydrogen-bond acceptors (Lipinski definition) is 4. The number of nitrogens with one attached hydrogen (secondary N) is 1. The predicted molar refractivity (Wildman–Crippen MR) is 78.9 cm³/mol. The lowest BCUT2D eigenvalue weighted by Crippen LogP contribution is -2.23. The van der Waals surface area contributed by atoms with Crippen LogP contribution >= 0.6 is 0 Å². The summed E-state index contributed by atoms with van der Waals surface area (Å²) in [4.78, 5) is 0. The minimum Gasteiger partial charge on any atom is -0.497 e. The third-order valence-corrected chi connectivity index (χ3v) is 3.64. The second-order valence-corrected chi connectivity index (χ2v) is 5.12. The van der Waals surface area contributed by atoms with Gasteiger partial charge < -0.3 is 14.6 Å². The zero-order valence-corrected chi connectivity index (χ0v) is 12.7. The average Bonchev–Trinajstić information content (AvgIpc) is 2.78. The first-order chi connectivity index (χ1) is 9.52. The summed E-state index contributed by atoms with van der Waals surface area (Å²) < 4.78 is 10.4. The molecular formula is C16H22N2O2. The van der Waals surface area contributed by atoms with Crippen LogP contribution in [0.2, 0.25) is 0 Å². The van der Waals surface area contributed by atoms with Crippen LogP contribution in [0.1, 0.15) is 48.5 Å². The van der Waals surface area contributed by atoms with E-state index in [9.17, 15) is 0 Å². The van der Waals surface area contributed by atoms with E-state index in [1.165, 1.54) is 5.56 Å². The molecule has 4 heteroatoms. The van der Waals surface area contributed by atoms with E-state index in [0.29, 0.717) is 0 Å². The Hall–Kier alpha value is -1.81. The van der Waals surface area contributed by atoms with Crippen molar-refractivity contribution in [1.82, 2.24) is 10.5 Å². The van der Waals surface area contributed by atoms with E-state index in [4.69, 9.17) is 9.26 Å². The third kappa shape index (κ3) is 3.02. The van der Waals surface area contributed by atoms with Crippen LogP contribution in [0.15, 0.2) is 28.8 Å². The summed E-state index contributed by atoms with van der Waals surface area (Å²) in [6.45, 7) is 8.21. The monoisotopic (exact) mass is 274 g/mol. The van der Waals surface area contributed by atoms with Crippen molar-refractivity contribution in [2.45, 2.75) is 39.8 Å². The van der Waals surface area contributed by atoms with E-state index >= 15 is 0 Å². The number of benzene rings is 1. The maximum Gasteiger partial charge on any atom is 0.138 e. The molecule has 0 radical (unpaired) electrons. The zero-order chi connectivity index (χ0) is 14.7. The van der Waals surface area contributed by atoms with Gasteiger partial charge in [-0.25, -0.2) is 0 Å². The summed E-state index contributed by atoms with van der Waals surface area (Å²) in [7, 11) is 1.68. The largest absolute Gasteiger partial charge is 0.497 e. The molecule has 0 aliphatic heterocycles. The van der Waals surface area contributed by atoms with Crippen molar-refractivity contribution in [3.63, 3.8) is 0 Å². The lowest BCUT2D eigenvalue weighted by Gasteiger charge is -2.20. The van der Waals surface area contributed by atoms with Crippen molar-refractivity contribution in [3.8, 4) is 5.75 Å². The van der Waals surface area contributed by atoms with Crippen LogP contribution in [0.3, 0.4) is 0 Å². The SMILES string of the molecule is COc1ccc(C(C)NC(C)c2c(C)noc2C)cc1. The Morgan fingerprint density at radius 3 is 2.25 bits per heavy atom. The van der Waals surface area contributed by atoms with Gasteiger partial charge in [0, 0.05) is 17.6 Å². The smallest absolute Gasteiger partial charge is 0.138 e. The maximum absolute atomic E-state index is 5.23. The van der Waals surface area contributed by atoms with E-state index < -0.39 is 0 Å². The van der Waals surface area contributed by atoms with Gasteiger partial charge in [0.25, 0.3) is 0 Å². The summed E-state index contributed by atoms with van der Waals surface area (Å²) in [5.74, 6) is 1.75. The van der Waals surface area contributed by atoms with Gasteiger partial charge in [-0.2, -0.15) is 0 Å². The van der Waals surface area contributed by atoms with Gasteiger partial charge in [-0.3, -0.25) is 0 Å². The lowest BCUT2D eigenvalue weighted by atomic mass is 10.0. The topological polar surface area (TPSA) is 47.3 Å². The number of aromatic nitrogens is 1. The Bertz CT molecular complexity index is 541.